The van der Waals surface area contributed by atoms with Crippen molar-refractivity contribution < 1.29 is 9.53 Å². The van der Waals surface area contributed by atoms with Crippen molar-refractivity contribution in [1.29, 1.82) is 0 Å². The molecule has 102 valence electrons. The molecule has 2 N–H and O–H groups in total. The van der Waals surface area contributed by atoms with E-state index in [1.54, 1.807) is 0 Å². The molecule has 2 heterocycles. The Morgan fingerprint density at radius 1 is 1.42 bits per heavy atom. The maximum absolute atomic E-state index is 11.2. The van der Waals surface area contributed by atoms with Crippen LogP contribution in [0.25, 0.3) is 0 Å². The second-order valence-corrected chi connectivity index (χ2v) is 5.52. The van der Waals surface area contributed by atoms with E-state index in [2.05, 4.69) is 23.6 Å². The molecule has 0 saturated carbocycles. The molecule has 19 heavy (non-hydrogen) atoms. The molecular weight excluding hydrogens is 240 g/mol. The lowest BCUT2D eigenvalue weighted by Gasteiger charge is -2.33. The molecule has 4 heteroatoms. The highest BCUT2D eigenvalue weighted by Gasteiger charge is 2.29. The van der Waals surface area contributed by atoms with Crippen LogP contribution in [0.2, 0.25) is 0 Å². The normalized spacial score (nSPS) is 29.5. The Morgan fingerprint density at radius 3 is 3.05 bits per heavy atom. The molecule has 0 aromatic heterocycles. The predicted octanol–water partition coefficient (Wildman–Crippen LogP) is 1.62. The van der Waals surface area contributed by atoms with Gasteiger partial charge in [-0.2, -0.15) is 0 Å². The van der Waals surface area contributed by atoms with Gasteiger partial charge in [0.25, 0.3) is 0 Å². The molecule has 2 aliphatic rings. The minimum Gasteiger partial charge on any atom is -0.493 e. The highest BCUT2D eigenvalue weighted by molar-refractivity contribution is 5.78. The number of carbonyl (C=O) groups is 1. The first-order valence-corrected chi connectivity index (χ1v) is 6.98. The van der Waals surface area contributed by atoms with Crippen molar-refractivity contribution in [2.75, 3.05) is 13.2 Å². The molecule has 0 bridgehead atoms. The molecule has 1 amide bonds. The van der Waals surface area contributed by atoms with Gasteiger partial charge >= 0.3 is 0 Å². The molecule has 0 aliphatic carbocycles. The van der Waals surface area contributed by atoms with Gasteiger partial charge in [0.15, 0.2) is 0 Å². The third-order valence-corrected chi connectivity index (χ3v) is 3.99. The average Bonchev–Trinajstić information content (AvgIpc) is 2.83. The number of hydrogen-bond donors (Lipinski definition) is 2. The number of amides is 1. The van der Waals surface area contributed by atoms with Crippen molar-refractivity contribution >= 4 is 5.91 Å². The second kappa shape index (κ2) is 5.21. The molecule has 1 fully saturated rings. The zero-order chi connectivity index (χ0) is 13.2. The van der Waals surface area contributed by atoms with Gasteiger partial charge in [0, 0.05) is 36.5 Å². The van der Waals surface area contributed by atoms with Crippen LogP contribution in [0.4, 0.5) is 0 Å². The minimum absolute atomic E-state index is 0.173. The Morgan fingerprint density at radius 2 is 2.26 bits per heavy atom. The number of rotatable bonds is 3. The van der Waals surface area contributed by atoms with Crippen molar-refractivity contribution in [2.24, 2.45) is 5.92 Å². The van der Waals surface area contributed by atoms with Crippen molar-refractivity contribution in [2.45, 2.75) is 31.8 Å². The van der Waals surface area contributed by atoms with Gasteiger partial charge in [0.1, 0.15) is 5.75 Å². The van der Waals surface area contributed by atoms with Crippen LogP contribution in [0, 0.1) is 5.92 Å². The van der Waals surface area contributed by atoms with Crippen LogP contribution < -0.4 is 15.4 Å². The van der Waals surface area contributed by atoms with E-state index in [0.29, 0.717) is 18.4 Å². The molecule has 1 saturated heterocycles. The second-order valence-electron chi connectivity index (χ2n) is 5.52. The molecule has 2 aliphatic heterocycles. The molecule has 0 spiro atoms. The quantitative estimate of drug-likeness (QED) is 0.868. The summed E-state index contributed by atoms with van der Waals surface area (Å²) in [6.45, 7) is 3.77. The summed E-state index contributed by atoms with van der Waals surface area (Å²) in [6, 6.07) is 8.77. The molecule has 3 unspecified atom stereocenters. The molecule has 1 aromatic carbocycles. The molecule has 3 atom stereocenters. The Kier molecular flexibility index (Phi) is 3.42. The van der Waals surface area contributed by atoms with E-state index in [1.165, 1.54) is 5.56 Å². The lowest BCUT2D eigenvalue weighted by Crippen LogP contribution is -2.41. The first-order chi connectivity index (χ1) is 9.24. The lowest BCUT2D eigenvalue weighted by molar-refractivity contribution is -0.119. The van der Waals surface area contributed by atoms with Crippen LogP contribution in [-0.2, 0) is 4.79 Å². The summed E-state index contributed by atoms with van der Waals surface area (Å²) in [6.07, 6.45) is 1.59. The lowest BCUT2D eigenvalue weighted by atomic mass is 9.92. The van der Waals surface area contributed by atoms with Gasteiger partial charge in [-0.05, 0) is 12.5 Å². The first kappa shape index (κ1) is 12.5. The van der Waals surface area contributed by atoms with E-state index < -0.39 is 0 Å². The van der Waals surface area contributed by atoms with Gasteiger partial charge in [-0.15, -0.1) is 0 Å². The van der Waals surface area contributed by atoms with Crippen LogP contribution in [0.3, 0.4) is 0 Å². The largest absolute Gasteiger partial charge is 0.493 e. The van der Waals surface area contributed by atoms with E-state index in [9.17, 15) is 4.79 Å². The summed E-state index contributed by atoms with van der Waals surface area (Å²) in [5, 5.41) is 6.59. The highest BCUT2D eigenvalue weighted by Crippen LogP contribution is 2.34. The van der Waals surface area contributed by atoms with Gasteiger partial charge in [-0.25, -0.2) is 0 Å². The summed E-state index contributed by atoms with van der Waals surface area (Å²) in [7, 11) is 0. The number of benzene rings is 1. The fourth-order valence-electron chi connectivity index (χ4n) is 2.90. The van der Waals surface area contributed by atoms with E-state index >= 15 is 0 Å². The monoisotopic (exact) mass is 260 g/mol. The van der Waals surface area contributed by atoms with Crippen LogP contribution in [-0.4, -0.2) is 25.1 Å². The van der Waals surface area contributed by atoms with Crippen LogP contribution >= 0.6 is 0 Å². The Balaban J connectivity index is 1.68. The van der Waals surface area contributed by atoms with Crippen molar-refractivity contribution in [3.8, 4) is 5.75 Å². The van der Waals surface area contributed by atoms with E-state index in [1.807, 2.05) is 18.2 Å². The first-order valence-electron chi connectivity index (χ1n) is 6.98. The molecule has 3 rings (SSSR count). The Bertz CT molecular complexity index is 475. The summed E-state index contributed by atoms with van der Waals surface area (Å²) in [5.74, 6) is 1.59. The third-order valence-electron chi connectivity index (χ3n) is 3.99. The van der Waals surface area contributed by atoms with Crippen LogP contribution in [0.1, 0.15) is 31.4 Å². The summed E-state index contributed by atoms with van der Waals surface area (Å²) < 4.78 is 5.75. The van der Waals surface area contributed by atoms with E-state index in [4.69, 9.17) is 4.74 Å². The maximum Gasteiger partial charge on any atom is 0.220 e. The summed E-state index contributed by atoms with van der Waals surface area (Å²) in [5.41, 5.74) is 1.23. The fraction of sp³-hybridized carbons (Fsp3) is 0.533. The predicted molar refractivity (Wildman–Crippen MR) is 73.0 cm³/mol. The topological polar surface area (TPSA) is 50.4 Å². The summed E-state index contributed by atoms with van der Waals surface area (Å²) in [4.78, 5) is 11.2. The number of carbonyl (C=O) groups excluding carboxylic acids is 1. The maximum atomic E-state index is 11.2. The molecule has 0 radical (unpaired) electrons. The van der Waals surface area contributed by atoms with Gasteiger partial charge in [0.05, 0.1) is 6.61 Å². The zero-order valence-electron chi connectivity index (χ0n) is 11.2. The smallest absolute Gasteiger partial charge is 0.220 e. The third kappa shape index (κ3) is 2.59. The standard InChI is InChI=1S/C15H20N2O2/c1-10-9-19-13-5-3-2-4-12(13)15(10)16-8-11-6-7-14(18)17-11/h2-5,10-11,15-16H,6-9H2,1H3,(H,17,18). The minimum atomic E-state index is 0.173. The van der Waals surface area contributed by atoms with Gasteiger partial charge in [0.2, 0.25) is 5.91 Å². The SMILES string of the molecule is CC1COc2ccccc2C1NCC1CCC(=O)N1. The summed E-state index contributed by atoms with van der Waals surface area (Å²) >= 11 is 0. The number of fused-ring (bicyclic) bond motifs is 1. The highest BCUT2D eigenvalue weighted by atomic mass is 16.5. The number of para-hydroxylation sites is 1. The molecule has 4 nitrogen and oxygen atoms in total. The van der Waals surface area contributed by atoms with Gasteiger partial charge in [-0.3, -0.25) is 4.79 Å². The van der Waals surface area contributed by atoms with Gasteiger partial charge < -0.3 is 15.4 Å². The van der Waals surface area contributed by atoms with Crippen molar-refractivity contribution in [3.63, 3.8) is 0 Å². The number of ether oxygens (including phenoxy) is 1. The molecule has 1 aromatic rings. The Hall–Kier alpha value is -1.55. The Labute approximate surface area is 113 Å². The van der Waals surface area contributed by atoms with Crippen molar-refractivity contribution in [3.05, 3.63) is 29.8 Å². The zero-order valence-corrected chi connectivity index (χ0v) is 11.2. The fourth-order valence-corrected chi connectivity index (χ4v) is 2.90. The van der Waals surface area contributed by atoms with Crippen LogP contribution in [0.5, 0.6) is 5.75 Å². The van der Waals surface area contributed by atoms with Gasteiger partial charge in [-0.1, -0.05) is 25.1 Å². The number of nitrogens with one attached hydrogen (secondary N) is 2. The van der Waals surface area contributed by atoms with E-state index in [0.717, 1.165) is 25.3 Å². The number of hydrogen-bond acceptors (Lipinski definition) is 3. The van der Waals surface area contributed by atoms with Crippen LogP contribution in [0.15, 0.2) is 24.3 Å². The molecular formula is C15H20N2O2. The van der Waals surface area contributed by atoms with E-state index in [-0.39, 0.29) is 11.9 Å². The average molecular weight is 260 g/mol. The van der Waals surface area contributed by atoms with Crippen molar-refractivity contribution in [1.82, 2.24) is 10.6 Å².